The minimum atomic E-state index is -4.76. The van der Waals surface area contributed by atoms with E-state index in [2.05, 4.69) is 9.97 Å². The van der Waals surface area contributed by atoms with Crippen LogP contribution in [-0.2, 0) is 16.4 Å². The van der Waals surface area contributed by atoms with E-state index in [-0.39, 0.29) is 19.0 Å². The Labute approximate surface area is 123 Å². The van der Waals surface area contributed by atoms with Crippen molar-refractivity contribution in [3.63, 3.8) is 0 Å². The highest BCUT2D eigenvalue weighted by Gasteiger charge is 2.29. The Kier molecular flexibility index (Phi) is 4.71. The van der Waals surface area contributed by atoms with Crippen LogP contribution in [0.5, 0.6) is 0 Å². The van der Waals surface area contributed by atoms with E-state index in [1.807, 2.05) is 4.72 Å². The smallest absolute Gasteiger partial charge is 0.246 e. The average molecular weight is 335 g/mol. The van der Waals surface area contributed by atoms with E-state index in [4.69, 9.17) is 0 Å². The van der Waals surface area contributed by atoms with Gasteiger partial charge < -0.3 is 0 Å². The molecule has 0 fully saturated rings. The molecule has 1 heterocycles. The van der Waals surface area contributed by atoms with E-state index in [0.717, 1.165) is 0 Å². The van der Waals surface area contributed by atoms with Gasteiger partial charge in [-0.25, -0.2) is 30.7 Å². The molecular weight excluding hydrogens is 326 g/mol. The molecule has 1 N–H and O–H groups in total. The first-order valence-electron chi connectivity index (χ1n) is 5.90. The van der Waals surface area contributed by atoms with Gasteiger partial charge in [0.2, 0.25) is 10.0 Å². The number of hydrogen-bond acceptors (Lipinski definition) is 4. The van der Waals surface area contributed by atoms with Gasteiger partial charge in [0.25, 0.3) is 0 Å². The number of halogens is 4. The molecule has 0 radical (unpaired) electrons. The summed E-state index contributed by atoms with van der Waals surface area (Å²) in [4.78, 5) is 5.93. The Morgan fingerprint density at radius 2 is 1.68 bits per heavy atom. The molecule has 0 bridgehead atoms. The molecule has 1 aromatic heterocycles. The molecule has 5 nitrogen and oxygen atoms in total. The van der Waals surface area contributed by atoms with Crippen molar-refractivity contribution in [2.24, 2.45) is 0 Å². The van der Waals surface area contributed by atoms with Gasteiger partial charge in [-0.2, -0.15) is 0 Å². The first-order chi connectivity index (χ1) is 10.3. The molecule has 0 spiro atoms. The molecule has 0 aliphatic carbocycles. The second-order valence-corrected chi connectivity index (χ2v) is 5.85. The Bertz CT molecular complexity index is 758. The van der Waals surface area contributed by atoms with Gasteiger partial charge in [0.15, 0.2) is 28.2 Å². The number of aromatic nitrogens is 2. The minimum absolute atomic E-state index is 0.0662. The molecule has 0 amide bonds. The number of nitrogens with one attached hydrogen (secondary N) is 1. The minimum Gasteiger partial charge on any atom is -0.261 e. The van der Waals surface area contributed by atoms with Crippen molar-refractivity contribution in [2.75, 3.05) is 6.54 Å². The fourth-order valence-corrected chi connectivity index (χ4v) is 2.81. The topological polar surface area (TPSA) is 72.0 Å². The lowest BCUT2D eigenvalue weighted by molar-refractivity contribution is 0.418. The average Bonchev–Trinajstić information content (AvgIpc) is 2.46. The van der Waals surface area contributed by atoms with Crippen LogP contribution in [0.4, 0.5) is 17.6 Å². The van der Waals surface area contributed by atoms with E-state index in [9.17, 15) is 26.0 Å². The maximum atomic E-state index is 13.5. The van der Waals surface area contributed by atoms with Gasteiger partial charge >= 0.3 is 0 Å². The lowest BCUT2D eigenvalue weighted by atomic mass is 10.3. The zero-order valence-corrected chi connectivity index (χ0v) is 11.7. The predicted octanol–water partition coefficient (Wildman–Crippen LogP) is 1.55. The monoisotopic (exact) mass is 335 g/mol. The van der Waals surface area contributed by atoms with Crippen LogP contribution in [0, 0.1) is 23.3 Å². The molecule has 1 aromatic carbocycles. The molecule has 0 saturated carbocycles. The van der Waals surface area contributed by atoms with Crippen LogP contribution < -0.4 is 4.72 Å². The number of benzene rings is 1. The maximum Gasteiger partial charge on any atom is 0.246 e. The number of sulfonamides is 1. The van der Waals surface area contributed by atoms with Crippen molar-refractivity contribution in [1.29, 1.82) is 0 Å². The first kappa shape index (κ1) is 16.3. The Morgan fingerprint density at radius 3 is 2.23 bits per heavy atom. The van der Waals surface area contributed by atoms with Crippen LogP contribution in [0.3, 0.4) is 0 Å². The zero-order valence-electron chi connectivity index (χ0n) is 10.9. The van der Waals surface area contributed by atoms with Gasteiger partial charge in [-0.1, -0.05) is 0 Å². The highest BCUT2D eigenvalue weighted by atomic mass is 32.2. The van der Waals surface area contributed by atoms with Gasteiger partial charge in [-0.15, -0.1) is 0 Å². The van der Waals surface area contributed by atoms with E-state index in [0.29, 0.717) is 5.69 Å². The van der Waals surface area contributed by atoms with E-state index >= 15 is 0 Å². The quantitative estimate of drug-likeness (QED) is 0.665. The summed E-state index contributed by atoms with van der Waals surface area (Å²) in [7, 11) is -4.76. The molecule has 2 aromatic rings. The van der Waals surface area contributed by atoms with Crippen molar-refractivity contribution in [1.82, 2.24) is 14.7 Å². The molecule has 0 atom stereocenters. The second kappa shape index (κ2) is 6.36. The highest BCUT2D eigenvalue weighted by molar-refractivity contribution is 7.89. The highest BCUT2D eigenvalue weighted by Crippen LogP contribution is 2.23. The van der Waals surface area contributed by atoms with Crippen molar-refractivity contribution < 1.29 is 26.0 Å². The van der Waals surface area contributed by atoms with Crippen molar-refractivity contribution in [3.05, 3.63) is 53.6 Å². The van der Waals surface area contributed by atoms with Crippen LogP contribution in [0.2, 0.25) is 0 Å². The summed E-state index contributed by atoms with van der Waals surface area (Å²) in [6, 6.07) is -0.0662. The summed E-state index contributed by atoms with van der Waals surface area (Å²) in [5, 5.41) is 0. The third-order valence-electron chi connectivity index (χ3n) is 2.63. The molecule has 22 heavy (non-hydrogen) atoms. The third kappa shape index (κ3) is 3.39. The van der Waals surface area contributed by atoms with Gasteiger partial charge in [0, 0.05) is 37.6 Å². The molecule has 0 aliphatic rings. The Morgan fingerprint density at radius 1 is 1.05 bits per heavy atom. The van der Waals surface area contributed by atoms with Gasteiger partial charge in [0.1, 0.15) is 0 Å². The molecular formula is C12H9F4N3O2S. The van der Waals surface area contributed by atoms with Crippen LogP contribution in [0.15, 0.2) is 29.6 Å². The van der Waals surface area contributed by atoms with Crippen molar-refractivity contribution in [2.45, 2.75) is 11.3 Å². The maximum absolute atomic E-state index is 13.5. The van der Waals surface area contributed by atoms with Crippen LogP contribution in [0.25, 0.3) is 0 Å². The van der Waals surface area contributed by atoms with E-state index < -0.39 is 38.2 Å². The summed E-state index contributed by atoms with van der Waals surface area (Å²) in [5.41, 5.74) is 0.427. The Balaban J connectivity index is 2.21. The fraction of sp³-hybridized carbons (Fsp3) is 0.167. The summed E-state index contributed by atoms with van der Waals surface area (Å²) < 4.78 is 78.5. The standard InChI is InChI=1S/C12H9F4N3O2S/c13-8-5-9(14)11(16)12(10(8)15)22(20,21)19-2-1-7-6-17-3-4-18-7/h3-6,19H,1-2H2. The van der Waals surface area contributed by atoms with Crippen LogP contribution in [-0.4, -0.2) is 24.9 Å². The molecule has 118 valence electrons. The summed E-state index contributed by atoms with van der Waals surface area (Å²) in [6.45, 7) is -0.280. The van der Waals surface area contributed by atoms with Crippen LogP contribution >= 0.6 is 0 Å². The molecule has 0 aliphatic heterocycles. The van der Waals surface area contributed by atoms with Gasteiger partial charge in [0.05, 0.1) is 5.69 Å². The molecule has 0 unspecified atom stereocenters. The van der Waals surface area contributed by atoms with Gasteiger partial charge in [-0.3, -0.25) is 9.97 Å². The first-order valence-corrected chi connectivity index (χ1v) is 7.39. The zero-order chi connectivity index (χ0) is 16.3. The summed E-state index contributed by atoms with van der Waals surface area (Å²) >= 11 is 0. The fourth-order valence-electron chi connectivity index (χ4n) is 1.63. The predicted molar refractivity (Wildman–Crippen MR) is 67.2 cm³/mol. The third-order valence-corrected chi connectivity index (χ3v) is 4.11. The number of rotatable bonds is 5. The molecule has 0 saturated heterocycles. The summed E-state index contributed by atoms with van der Waals surface area (Å²) in [5.74, 6) is -7.56. The normalized spacial score (nSPS) is 11.6. The second-order valence-electron chi connectivity index (χ2n) is 4.14. The van der Waals surface area contributed by atoms with Crippen LogP contribution in [0.1, 0.15) is 5.69 Å². The lowest BCUT2D eigenvalue weighted by Crippen LogP contribution is -2.28. The van der Waals surface area contributed by atoms with Gasteiger partial charge in [-0.05, 0) is 0 Å². The van der Waals surface area contributed by atoms with E-state index in [1.54, 1.807) is 0 Å². The number of nitrogens with zero attached hydrogens (tertiary/aromatic N) is 2. The number of hydrogen-bond donors (Lipinski definition) is 1. The largest absolute Gasteiger partial charge is 0.261 e. The Hall–Kier alpha value is -2.07. The van der Waals surface area contributed by atoms with Crippen molar-refractivity contribution >= 4 is 10.0 Å². The SMILES string of the molecule is O=S(=O)(NCCc1cnccn1)c1c(F)c(F)cc(F)c1F. The van der Waals surface area contributed by atoms with Crippen molar-refractivity contribution in [3.8, 4) is 0 Å². The lowest BCUT2D eigenvalue weighted by Gasteiger charge is -2.09. The van der Waals surface area contributed by atoms with E-state index in [1.165, 1.54) is 18.6 Å². The molecule has 10 heteroatoms. The molecule has 2 rings (SSSR count). The summed E-state index contributed by atoms with van der Waals surface area (Å²) in [6.07, 6.45) is 4.24.